The molecule has 4 nitrogen and oxygen atoms in total. The van der Waals surface area contributed by atoms with E-state index in [-0.39, 0.29) is 5.91 Å². The topological polar surface area (TPSA) is 46.4 Å². The van der Waals surface area contributed by atoms with Crippen molar-refractivity contribution in [3.63, 3.8) is 0 Å². The molecular weight excluding hydrogens is 362 g/mol. The van der Waals surface area contributed by atoms with Crippen LogP contribution in [0.5, 0.6) is 0 Å². The van der Waals surface area contributed by atoms with Gasteiger partial charge < -0.3 is 5.32 Å². The number of fused-ring (bicyclic) bond motifs is 2. The zero-order valence-electron chi connectivity index (χ0n) is 13.5. The van der Waals surface area contributed by atoms with Crippen LogP contribution in [0.25, 0.3) is 26.3 Å². The number of imidazole rings is 1. The van der Waals surface area contributed by atoms with E-state index in [9.17, 15) is 4.79 Å². The Morgan fingerprint density at radius 2 is 1.92 bits per heavy atom. The van der Waals surface area contributed by atoms with Crippen LogP contribution in [0, 0.1) is 0 Å². The van der Waals surface area contributed by atoms with Gasteiger partial charge in [-0.25, -0.2) is 4.98 Å². The van der Waals surface area contributed by atoms with Crippen molar-refractivity contribution in [2.75, 3.05) is 5.32 Å². The maximum Gasteiger partial charge on any atom is 0.265 e. The molecule has 0 aliphatic rings. The number of benzene rings is 2. The van der Waals surface area contributed by atoms with Gasteiger partial charge >= 0.3 is 0 Å². The number of hydrogen-bond donors (Lipinski definition) is 1. The Kier molecular flexibility index (Phi) is 3.58. The van der Waals surface area contributed by atoms with E-state index in [1.165, 1.54) is 11.3 Å². The second-order valence-corrected chi connectivity index (χ2v) is 7.82. The first-order chi connectivity index (χ1) is 12.8. The minimum atomic E-state index is -0.0975. The Balaban J connectivity index is 1.50. The number of rotatable bonds is 3. The number of nitrogens with one attached hydrogen (secondary N) is 1. The van der Waals surface area contributed by atoms with Crippen LogP contribution >= 0.6 is 22.7 Å². The largest absolute Gasteiger partial charge is 0.321 e. The Labute approximate surface area is 157 Å². The molecule has 26 heavy (non-hydrogen) atoms. The summed E-state index contributed by atoms with van der Waals surface area (Å²) in [7, 11) is 0. The van der Waals surface area contributed by atoms with Crippen LogP contribution in [0.1, 0.15) is 9.67 Å². The van der Waals surface area contributed by atoms with E-state index < -0.39 is 0 Å². The quantitative estimate of drug-likeness (QED) is 0.451. The van der Waals surface area contributed by atoms with E-state index in [4.69, 9.17) is 0 Å². The Bertz CT molecular complexity index is 1190. The van der Waals surface area contributed by atoms with Crippen molar-refractivity contribution in [3.8, 4) is 11.3 Å². The van der Waals surface area contributed by atoms with Crippen LogP contribution in [0.15, 0.2) is 72.4 Å². The number of carbonyl (C=O) groups is 1. The van der Waals surface area contributed by atoms with Crippen LogP contribution in [-0.4, -0.2) is 15.3 Å². The maximum atomic E-state index is 12.8. The smallest absolute Gasteiger partial charge is 0.265 e. The molecule has 0 unspecified atom stereocenters. The third-order valence-corrected chi connectivity index (χ3v) is 6.08. The van der Waals surface area contributed by atoms with E-state index in [0.717, 1.165) is 32.0 Å². The summed E-state index contributed by atoms with van der Waals surface area (Å²) in [5, 5.41) is 6.14. The molecule has 2 aromatic carbocycles. The molecular formula is C20H13N3OS2. The molecule has 5 rings (SSSR count). The van der Waals surface area contributed by atoms with Crippen LogP contribution in [0.2, 0.25) is 0 Å². The van der Waals surface area contributed by atoms with Crippen molar-refractivity contribution in [3.05, 3.63) is 77.2 Å². The van der Waals surface area contributed by atoms with Crippen molar-refractivity contribution < 1.29 is 4.79 Å². The second-order valence-electron chi connectivity index (χ2n) is 5.87. The fraction of sp³-hybridized carbons (Fsp3) is 0. The van der Waals surface area contributed by atoms with Crippen molar-refractivity contribution >= 4 is 49.3 Å². The van der Waals surface area contributed by atoms with E-state index >= 15 is 0 Å². The number of carbonyl (C=O) groups excluding carboxylic acids is 1. The highest BCUT2D eigenvalue weighted by atomic mass is 32.1. The molecule has 0 atom stereocenters. The zero-order chi connectivity index (χ0) is 17.5. The molecule has 0 saturated heterocycles. The van der Waals surface area contributed by atoms with E-state index in [2.05, 4.69) is 10.3 Å². The van der Waals surface area contributed by atoms with Gasteiger partial charge in [0.25, 0.3) is 5.91 Å². The molecule has 0 radical (unpaired) electrons. The van der Waals surface area contributed by atoms with Gasteiger partial charge in [0, 0.05) is 28.0 Å². The molecule has 126 valence electrons. The number of amides is 1. The van der Waals surface area contributed by atoms with Gasteiger partial charge in [-0.05, 0) is 23.6 Å². The summed E-state index contributed by atoms with van der Waals surface area (Å²) in [5.41, 5.74) is 2.53. The Morgan fingerprint density at radius 1 is 1.08 bits per heavy atom. The zero-order valence-corrected chi connectivity index (χ0v) is 15.2. The molecule has 1 N–H and O–H groups in total. The number of thiazole rings is 1. The molecule has 0 aliphatic carbocycles. The summed E-state index contributed by atoms with van der Waals surface area (Å²) in [4.78, 5) is 19.1. The first-order valence-electron chi connectivity index (χ1n) is 8.09. The number of hydrogen-bond acceptors (Lipinski definition) is 4. The fourth-order valence-corrected chi connectivity index (χ4v) is 4.61. The first kappa shape index (κ1) is 15.3. The third-order valence-electron chi connectivity index (χ3n) is 4.19. The summed E-state index contributed by atoms with van der Waals surface area (Å²) in [6.45, 7) is 0. The number of anilines is 1. The van der Waals surface area contributed by atoms with E-state index in [1.54, 1.807) is 11.3 Å². The highest BCUT2D eigenvalue weighted by molar-refractivity contribution is 7.20. The highest BCUT2D eigenvalue weighted by Gasteiger charge is 2.14. The number of aromatic nitrogens is 2. The summed E-state index contributed by atoms with van der Waals surface area (Å²) in [6.07, 6.45) is 3.96. The lowest BCUT2D eigenvalue weighted by atomic mass is 10.1. The molecule has 1 amide bonds. The van der Waals surface area contributed by atoms with Crippen molar-refractivity contribution in [1.82, 2.24) is 9.38 Å². The lowest BCUT2D eigenvalue weighted by Crippen LogP contribution is -2.10. The van der Waals surface area contributed by atoms with Gasteiger partial charge in [0.05, 0.1) is 16.3 Å². The van der Waals surface area contributed by atoms with Crippen molar-refractivity contribution in [2.45, 2.75) is 0 Å². The Hall–Kier alpha value is -2.96. The van der Waals surface area contributed by atoms with Gasteiger partial charge in [-0.15, -0.1) is 22.7 Å². The molecule has 0 aliphatic heterocycles. The number of thiophene rings is 1. The van der Waals surface area contributed by atoms with Gasteiger partial charge in [0.15, 0.2) is 4.96 Å². The van der Waals surface area contributed by atoms with Crippen LogP contribution in [0.3, 0.4) is 0 Å². The second kappa shape index (κ2) is 6.09. The SMILES string of the molecule is O=C(Nc1ccccc1-c1cn2ccsc2n1)c1cc2ccccc2s1. The maximum absolute atomic E-state index is 12.8. The van der Waals surface area contributed by atoms with Crippen molar-refractivity contribution in [1.29, 1.82) is 0 Å². The van der Waals surface area contributed by atoms with Gasteiger partial charge in [-0.1, -0.05) is 36.4 Å². The normalized spacial score (nSPS) is 11.2. The molecule has 5 aromatic rings. The van der Waals surface area contributed by atoms with Crippen LogP contribution in [0.4, 0.5) is 5.69 Å². The standard InChI is InChI=1S/C20H13N3OS2/c24-19(18-11-13-5-1-4-8-17(13)26-18)21-15-7-3-2-6-14(15)16-12-23-9-10-25-20(23)22-16/h1-12H,(H,21,24). The van der Waals surface area contributed by atoms with Crippen LogP contribution < -0.4 is 5.32 Å². The Morgan fingerprint density at radius 3 is 2.81 bits per heavy atom. The fourth-order valence-electron chi connectivity index (χ4n) is 2.95. The molecule has 0 fully saturated rings. The van der Waals surface area contributed by atoms with E-state index in [0.29, 0.717) is 4.88 Å². The van der Waals surface area contributed by atoms with Gasteiger partial charge in [0.2, 0.25) is 0 Å². The number of nitrogens with zero attached hydrogens (tertiary/aromatic N) is 2. The summed E-state index contributed by atoms with van der Waals surface area (Å²) in [5.74, 6) is -0.0975. The molecule has 0 spiro atoms. The summed E-state index contributed by atoms with van der Waals surface area (Å²) < 4.78 is 3.10. The average Bonchev–Trinajstić information content (AvgIpc) is 3.36. The highest BCUT2D eigenvalue weighted by Crippen LogP contribution is 2.30. The number of para-hydroxylation sites is 1. The predicted octanol–water partition coefficient (Wildman–Crippen LogP) is 5.53. The predicted molar refractivity (Wildman–Crippen MR) is 108 cm³/mol. The monoisotopic (exact) mass is 375 g/mol. The minimum Gasteiger partial charge on any atom is -0.321 e. The van der Waals surface area contributed by atoms with E-state index in [1.807, 2.05) is 76.8 Å². The third kappa shape index (κ3) is 2.60. The molecule has 3 heterocycles. The summed E-state index contributed by atoms with van der Waals surface area (Å²) in [6, 6.07) is 17.7. The summed E-state index contributed by atoms with van der Waals surface area (Å²) >= 11 is 3.09. The molecule has 0 saturated carbocycles. The minimum absolute atomic E-state index is 0.0975. The van der Waals surface area contributed by atoms with Gasteiger partial charge in [-0.3, -0.25) is 9.20 Å². The molecule has 6 heteroatoms. The first-order valence-corrected chi connectivity index (χ1v) is 9.79. The van der Waals surface area contributed by atoms with Gasteiger partial charge in [0.1, 0.15) is 0 Å². The molecule has 3 aromatic heterocycles. The lowest BCUT2D eigenvalue weighted by molar-refractivity contribution is 0.103. The van der Waals surface area contributed by atoms with Crippen molar-refractivity contribution in [2.24, 2.45) is 0 Å². The van der Waals surface area contributed by atoms with Gasteiger partial charge in [-0.2, -0.15) is 0 Å². The average molecular weight is 375 g/mol. The van der Waals surface area contributed by atoms with Crippen LogP contribution in [-0.2, 0) is 0 Å². The lowest BCUT2D eigenvalue weighted by Gasteiger charge is -2.08. The molecule has 0 bridgehead atoms.